The number of benzene rings is 3. The van der Waals surface area contributed by atoms with E-state index in [4.69, 9.17) is 0 Å². The molecule has 3 aromatic rings. The van der Waals surface area contributed by atoms with Crippen LogP contribution in [-0.2, 0) is 0 Å². The van der Waals surface area contributed by atoms with Crippen LogP contribution in [-0.4, -0.2) is 0 Å². The first-order valence-electron chi connectivity index (χ1n) is 11.5. The second kappa shape index (κ2) is 5.93. The van der Waals surface area contributed by atoms with Crippen LogP contribution < -0.4 is 0 Å². The number of rotatable bonds is 1. The van der Waals surface area contributed by atoms with Crippen molar-refractivity contribution in [3.05, 3.63) is 107 Å². The molecule has 5 aliphatic rings. The number of fused-ring (bicyclic) bond motifs is 7. The molecule has 0 aromatic heterocycles. The molecule has 0 spiro atoms. The van der Waals surface area contributed by atoms with Crippen molar-refractivity contribution in [3.63, 3.8) is 0 Å². The normalized spacial score (nSPS) is 28.4. The van der Waals surface area contributed by atoms with Gasteiger partial charge < -0.3 is 0 Å². The van der Waals surface area contributed by atoms with E-state index < -0.39 is 0 Å². The van der Waals surface area contributed by atoms with E-state index in [2.05, 4.69) is 96.7 Å². The van der Waals surface area contributed by atoms with Crippen molar-refractivity contribution in [2.75, 3.05) is 0 Å². The Morgan fingerprint density at radius 1 is 0.710 bits per heavy atom. The molecule has 0 fully saturated rings. The van der Waals surface area contributed by atoms with Gasteiger partial charge in [-0.15, -0.1) is 11.8 Å². The van der Waals surface area contributed by atoms with Crippen molar-refractivity contribution in [2.24, 2.45) is 11.8 Å². The van der Waals surface area contributed by atoms with Crippen LogP contribution in [0.5, 0.6) is 0 Å². The van der Waals surface area contributed by atoms with E-state index in [-0.39, 0.29) is 0 Å². The fourth-order valence-electron chi connectivity index (χ4n) is 6.65. The van der Waals surface area contributed by atoms with Crippen LogP contribution >= 0.6 is 11.8 Å². The highest BCUT2D eigenvalue weighted by atomic mass is 32.2. The smallest absolute Gasteiger partial charge is 0.0454 e. The van der Waals surface area contributed by atoms with Crippen molar-refractivity contribution in [1.82, 2.24) is 0 Å². The Morgan fingerprint density at radius 3 is 2.26 bits per heavy atom. The highest BCUT2D eigenvalue weighted by Crippen LogP contribution is 2.63. The first-order valence-corrected chi connectivity index (χ1v) is 12.4. The molecule has 31 heavy (non-hydrogen) atoms. The predicted molar refractivity (Wildman–Crippen MR) is 132 cm³/mol. The summed E-state index contributed by atoms with van der Waals surface area (Å²) < 4.78 is 0. The van der Waals surface area contributed by atoms with E-state index in [0.717, 1.165) is 0 Å². The van der Waals surface area contributed by atoms with Gasteiger partial charge in [0.25, 0.3) is 0 Å². The molecule has 4 atom stereocenters. The van der Waals surface area contributed by atoms with Gasteiger partial charge in [-0.05, 0) is 74.4 Å². The predicted octanol–water partition coefficient (Wildman–Crippen LogP) is 8.33. The van der Waals surface area contributed by atoms with E-state index in [0.29, 0.717) is 23.0 Å². The molecule has 0 saturated carbocycles. The van der Waals surface area contributed by atoms with Crippen molar-refractivity contribution in [3.8, 4) is 22.3 Å². The maximum absolute atomic E-state index is 2.60. The van der Waals surface area contributed by atoms with Gasteiger partial charge in [-0.2, -0.15) is 0 Å². The Balaban J connectivity index is 1.24. The summed E-state index contributed by atoms with van der Waals surface area (Å²) >= 11 is 2.12. The van der Waals surface area contributed by atoms with E-state index >= 15 is 0 Å². The first-order chi connectivity index (χ1) is 15.4. The highest BCUT2D eigenvalue weighted by Gasteiger charge is 2.41. The fraction of sp³-hybridized carbons (Fsp3) is 0.200. The zero-order valence-electron chi connectivity index (χ0n) is 17.2. The summed E-state index contributed by atoms with van der Waals surface area (Å²) in [5, 5.41) is 3.58. The van der Waals surface area contributed by atoms with Crippen LogP contribution in [0, 0.1) is 11.8 Å². The number of hydrogen-bond acceptors (Lipinski definition) is 1. The Hall–Kier alpha value is -2.77. The summed E-state index contributed by atoms with van der Waals surface area (Å²) in [6.45, 7) is 0. The average Bonchev–Trinajstić information content (AvgIpc) is 3.48. The van der Waals surface area contributed by atoms with Crippen LogP contribution in [0.1, 0.15) is 35.1 Å². The second-order valence-corrected chi connectivity index (χ2v) is 10.7. The van der Waals surface area contributed by atoms with Gasteiger partial charge in [0, 0.05) is 16.1 Å². The van der Waals surface area contributed by atoms with Crippen molar-refractivity contribution in [1.29, 1.82) is 0 Å². The standard InChI is InChI=1S/C30H22S/c1-2-6-18-15-19(10-9-17(18)5-1)27-16-26-24-12-11-22-20-7-3-4-8-21(20)23-13-14-25(30(26)31-27)29(24)28(22)23/h1-8,10-14,16-18,26,30H,9,15H2. The Kier molecular flexibility index (Phi) is 3.22. The summed E-state index contributed by atoms with van der Waals surface area (Å²) in [6.07, 6.45) is 16.8. The average molecular weight is 415 g/mol. The third kappa shape index (κ3) is 2.13. The lowest BCUT2D eigenvalue weighted by atomic mass is 9.77. The largest absolute Gasteiger partial charge is 0.117 e. The topological polar surface area (TPSA) is 0 Å². The van der Waals surface area contributed by atoms with Crippen LogP contribution in [0.4, 0.5) is 0 Å². The Morgan fingerprint density at radius 2 is 1.45 bits per heavy atom. The lowest BCUT2D eigenvalue weighted by Crippen LogP contribution is -2.17. The van der Waals surface area contributed by atoms with Crippen molar-refractivity contribution >= 4 is 22.5 Å². The molecule has 1 heteroatoms. The van der Waals surface area contributed by atoms with E-state index in [1.807, 2.05) is 0 Å². The summed E-state index contributed by atoms with van der Waals surface area (Å²) in [4.78, 5) is 1.54. The summed E-state index contributed by atoms with van der Waals surface area (Å²) in [5.74, 6) is 1.90. The third-order valence-corrected chi connectivity index (χ3v) is 9.55. The van der Waals surface area contributed by atoms with E-state index in [9.17, 15) is 0 Å². The van der Waals surface area contributed by atoms with Crippen LogP contribution in [0.25, 0.3) is 33.0 Å². The molecule has 1 aliphatic heterocycles. The van der Waals surface area contributed by atoms with Gasteiger partial charge in [0.05, 0.1) is 0 Å². The molecule has 0 bridgehead atoms. The lowest BCUT2D eigenvalue weighted by Gasteiger charge is -2.29. The molecule has 1 heterocycles. The molecule has 4 aliphatic carbocycles. The molecule has 4 unspecified atom stereocenters. The molecule has 0 saturated heterocycles. The number of thioether (sulfide) groups is 1. The van der Waals surface area contributed by atoms with Gasteiger partial charge in [0.15, 0.2) is 0 Å². The minimum absolute atomic E-state index is 0.517. The monoisotopic (exact) mass is 414 g/mol. The molecule has 0 amide bonds. The highest BCUT2D eigenvalue weighted by molar-refractivity contribution is 8.03. The van der Waals surface area contributed by atoms with Gasteiger partial charge in [-0.25, -0.2) is 0 Å². The molecule has 3 aromatic carbocycles. The minimum atomic E-state index is 0.517. The number of hydrogen-bond donors (Lipinski definition) is 0. The van der Waals surface area contributed by atoms with Crippen molar-refractivity contribution < 1.29 is 0 Å². The van der Waals surface area contributed by atoms with Crippen molar-refractivity contribution in [2.45, 2.75) is 24.0 Å². The molecule has 8 rings (SSSR count). The Bertz CT molecular complexity index is 1400. The second-order valence-electron chi connectivity index (χ2n) is 9.56. The fourth-order valence-corrected chi connectivity index (χ4v) is 8.16. The van der Waals surface area contributed by atoms with Crippen LogP contribution in [0.3, 0.4) is 0 Å². The SMILES string of the molecule is C1=CC2CC=C(C3=CC4c5ccc6c7c(ccc(c57)C4S3)-c3ccccc3-6)CC2C=C1. The van der Waals surface area contributed by atoms with Gasteiger partial charge in [-0.3, -0.25) is 0 Å². The molecule has 148 valence electrons. The quantitative estimate of drug-likeness (QED) is 0.302. The maximum atomic E-state index is 2.60. The lowest BCUT2D eigenvalue weighted by molar-refractivity contribution is 0.451. The van der Waals surface area contributed by atoms with Crippen LogP contribution in [0.2, 0.25) is 0 Å². The molecular formula is C30H22S. The number of allylic oxidation sites excluding steroid dienone is 7. The van der Waals surface area contributed by atoms with Gasteiger partial charge >= 0.3 is 0 Å². The third-order valence-electron chi connectivity index (χ3n) is 8.10. The maximum Gasteiger partial charge on any atom is 0.0454 e. The zero-order valence-corrected chi connectivity index (χ0v) is 18.0. The summed E-state index contributed by atoms with van der Waals surface area (Å²) in [6, 6.07) is 18.5. The van der Waals surface area contributed by atoms with Gasteiger partial charge in [0.2, 0.25) is 0 Å². The van der Waals surface area contributed by atoms with Gasteiger partial charge in [-0.1, -0.05) is 85.0 Å². The molecule has 0 N–H and O–H groups in total. The Labute approximate surface area is 187 Å². The summed E-state index contributed by atoms with van der Waals surface area (Å²) in [5.41, 5.74) is 10.3. The first kappa shape index (κ1) is 16.9. The van der Waals surface area contributed by atoms with Crippen LogP contribution in [0.15, 0.2) is 95.5 Å². The zero-order chi connectivity index (χ0) is 20.1. The summed E-state index contributed by atoms with van der Waals surface area (Å²) in [7, 11) is 0. The van der Waals surface area contributed by atoms with E-state index in [1.54, 1.807) is 27.0 Å². The molecule has 0 nitrogen and oxygen atoms in total. The molecular weight excluding hydrogens is 392 g/mol. The molecule has 0 radical (unpaired) electrons. The van der Waals surface area contributed by atoms with Gasteiger partial charge in [0.1, 0.15) is 0 Å². The van der Waals surface area contributed by atoms with E-state index in [1.165, 1.54) is 40.5 Å². The minimum Gasteiger partial charge on any atom is -0.117 e.